The number of benzene rings is 2. The number of anilines is 2. The van der Waals surface area contributed by atoms with Gasteiger partial charge in [0.25, 0.3) is 0 Å². The first-order chi connectivity index (χ1) is 9.42. The van der Waals surface area contributed by atoms with Gasteiger partial charge in [-0.3, -0.25) is 5.10 Å². The van der Waals surface area contributed by atoms with Crippen molar-refractivity contribution < 1.29 is 0 Å². The van der Waals surface area contributed by atoms with Crippen molar-refractivity contribution in [3.05, 3.63) is 65.7 Å². The predicted molar refractivity (Wildman–Crippen MR) is 83.3 cm³/mol. The van der Waals surface area contributed by atoms with E-state index in [1.807, 2.05) is 30.3 Å². The van der Waals surface area contributed by atoms with Crippen LogP contribution in [0.4, 0.5) is 11.5 Å². The molecule has 1 aromatic heterocycles. The molecule has 0 aliphatic heterocycles. The first-order valence-electron chi connectivity index (χ1n) is 6.39. The number of fused-ring (bicyclic) bond motifs is 3. The van der Waals surface area contributed by atoms with Crippen LogP contribution in [0.3, 0.4) is 0 Å². The molecular weight excluding hydrogens is 246 g/mol. The summed E-state index contributed by atoms with van der Waals surface area (Å²) in [6.07, 6.45) is 0.942. The van der Waals surface area contributed by atoms with Crippen LogP contribution in [-0.2, 0) is 6.42 Å². The van der Waals surface area contributed by atoms with Gasteiger partial charge in [-0.25, -0.2) is 0 Å². The summed E-state index contributed by atoms with van der Waals surface area (Å²) in [5, 5.41) is 10.9. The lowest BCUT2D eigenvalue weighted by molar-refractivity contribution is 1.09. The van der Waals surface area contributed by atoms with E-state index in [1.165, 1.54) is 16.7 Å². The van der Waals surface area contributed by atoms with Crippen molar-refractivity contribution in [3.8, 4) is 11.3 Å². The molecule has 3 heteroatoms. The number of hydrogen-bond donors (Lipinski definition) is 2. The van der Waals surface area contributed by atoms with Crippen LogP contribution in [0.25, 0.3) is 11.3 Å². The third-order valence-corrected chi connectivity index (χ3v) is 3.56. The number of aromatic nitrogens is 2. The second-order valence-electron chi connectivity index (χ2n) is 4.75. The highest BCUT2D eigenvalue weighted by Gasteiger charge is 2.23. The van der Waals surface area contributed by atoms with Crippen LogP contribution in [0.5, 0.6) is 0 Å². The minimum Gasteiger partial charge on any atom is -0.339 e. The topological polar surface area (TPSA) is 40.7 Å². The van der Waals surface area contributed by atoms with E-state index in [4.69, 9.17) is 0 Å². The minimum atomic E-state index is 0. The summed E-state index contributed by atoms with van der Waals surface area (Å²) in [5.41, 5.74) is 6.10. The zero-order valence-electron chi connectivity index (χ0n) is 10.4. The highest BCUT2D eigenvalue weighted by atomic mass is 15.2. The molecule has 1 heterocycles. The Morgan fingerprint density at radius 3 is 2.55 bits per heavy atom. The van der Waals surface area contributed by atoms with Gasteiger partial charge in [0, 0.05) is 23.2 Å². The van der Waals surface area contributed by atoms with E-state index < -0.39 is 0 Å². The molecule has 0 atom stereocenters. The summed E-state index contributed by atoms with van der Waals surface area (Å²) in [6, 6.07) is 18.6. The van der Waals surface area contributed by atoms with Gasteiger partial charge in [-0.2, -0.15) is 5.10 Å². The predicted octanol–water partition coefficient (Wildman–Crippen LogP) is 4.36. The number of hydrogen-bond acceptors (Lipinski definition) is 2. The van der Waals surface area contributed by atoms with E-state index in [9.17, 15) is 0 Å². The van der Waals surface area contributed by atoms with Gasteiger partial charge in [-0.15, -0.1) is 0 Å². The zero-order chi connectivity index (χ0) is 12.7. The van der Waals surface area contributed by atoms with Crippen molar-refractivity contribution in [2.24, 2.45) is 0 Å². The first-order valence-corrected chi connectivity index (χ1v) is 6.39. The Morgan fingerprint density at radius 1 is 0.950 bits per heavy atom. The fourth-order valence-electron chi connectivity index (χ4n) is 2.63. The normalized spacial score (nSPS) is 11.4. The standard InChI is InChI=1S/C16H13N3.CH4/c1-2-7-12(8-3-1)17-16-14-10-11-6-4-5-9-13(11)15(14)18-19-16;/h1-9H,10H2,(H2,17,18,19);1H4. The summed E-state index contributed by atoms with van der Waals surface area (Å²) in [5.74, 6) is 0.928. The quantitative estimate of drug-likeness (QED) is 0.564. The molecule has 0 fully saturated rings. The molecule has 1 aliphatic carbocycles. The highest BCUT2D eigenvalue weighted by Crippen LogP contribution is 2.38. The van der Waals surface area contributed by atoms with Gasteiger partial charge in [0.15, 0.2) is 5.82 Å². The first kappa shape index (κ1) is 12.5. The zero-order valence-corrected chi connectivity index (χ0v) is 10.4. The van der Waals surface area contributed by atoms with Crippen molar-refractivity contribution in [2.45, 2.75) is 13.8 Å². The largest absolute Gasteiger partial charge is 0.339 e. The SMILES string of the molecule is C.c1ccc(Nc2n[nH]c3c2Cc2ccccc2-3)cc1. The third-order valence-electron chi connectivity index (χ3n) is 3.56. The Morgan fingerprint density at radius 2 is 1.70 bits per heavy atom. The fraction of sp³-hybridized carbons (Fsp3) is 0.118. The third kappa shape index (κ3) is 1.88. The van der Waals surface area contributed by atoms with Crippen LogP contribution in [0, 0.1) is 0 Å². The molecule has 3 aromatic rings. The van der Waals surface area contributed by atoms with E-state index in [0.29, 0.717) is 0 Å². The van der Waals surface area contributed by atoms with Gasteiger partial charge in [0.05, 0.1) is 5.69 Å². The van der Waals surface area contributed by atoms with Gasteiger partial charge in [0.2, 0.25) is 0 Å². The smallest absolute Gasteiger partial charge is 0.156 e. The Balaban J connectivity index is 0.00000121. The van der Waals surface area contributed by atoms with Gasteiger partial charge in [0.1, 0.15) is 0 Å². The molecule has 3 nitrogen and oxygen atoms in total. The highest BCUT2D eigenvalue weighted by molar-refractivity contribution is 5.79. The lowest BCUT2D eigenvalue weighted by Gasteiger charge is -2.04. The monoisotopic (exact) mass is 263 g/mol. The molecule has 0 radical (unpaired) electrons. The van der Waals surface area contributed by atoms with Crippen LogP contribution in [0.2, 0.25) is 0 Å². The number of rotatable bonds is 2. The van der Waals surface area contributed by atoms with E-state index in [1.54, 1.807) is 0 Å². The van der Waals surface area contributed by atoms with Crippen LogP contribution >= 0.6 is 0 Å². The molecule has 0 unspecified atom stereocenters. The van der Waals surface area contributed by atoms with Gasteiger partial charge < -0.3 is 5.32 Å². The van der Waals surface area contributed by atoms with Crippen molar-refractivity contribution in [1.29, 1.82) is 0 Å². The fourth-order valence-corrected chi connectivity index (χ4v) is 2.63. The molecule has 1 aliphatic rings. The van der Waals surface area contributed by atoms with E-state index in [2.05, 4.69) is 39.8 Å². The second-order valence-corrected chi connectivity index (χ2v) is 4.75. The number of nitrogens with one attached hydrogen (secondary N) is 2. The van der Waals surface area contributed by atoms with Crippen molar-refractivity contribution in [2.75, 3.05) is 5.32 Å². The van der Waals surface area contributed by atoms with Crippen molar-refractivity contribution >= 4 is 11.5 Å². The number of aromatic amines is 1. The molecule has 0 saturated carbocycles. The Labute approximate surface area is 118 Å². The molecule has 2 N–H and O–H groups in total. The molecule has 0 bridgehead atoms. The van der Waals surface area contributed by atoms with Gasteiger partial charge >= 0.3 is 0 Å². The average molecular weight is 263 g/mol. The maximum absolute atomic E-state index is 4.40. The Bertz CT molecular complexity index is 729. The number of para-hydroxylation sites is 1. The molecule has 20 heavy (non-hydrogen) atoms. The summed E-state index contributed by atoms with van der Waals surface area (Å²) < 4.78 is 0. The summed E-state index contributed by atoms with van der Waals surface area (Å²) in [6.45, 7) is 0. The van der Waals surface area contributed by atoms with Gasteiger partial charge in [-0.05, 0) is 17.7 Å². The van der Waals surface area contributed by atoms with Crippen molar-refractivity contribution in [1.82, 2.24) is 10.2 Å². The Hall–Kier alpha value is -2.55. The molecule has 2 aromatic carbocycles. The van der Waals surface area contributed by atoms with Crippen LogP contribution < -0.4 is 5.32 Å². The lowest BCUT2D eigenvalue weighted by atomic mass is 10.1. The van der Waals surface area contributed by atoms with E-state index >= 15 is 0 Å². The lowest BCUT2D eigenvalue weighted by Crippen LogP contribution is -1.94. The second kappa shape index (κ2) is 4.85. The van der Waals surface area contributed by atoms with E-state index in [-0.39, 0.29) is 7.43 Å². The summed E-state index contributed by atoms with van der Waals surface area (Å²) in [7, 11) is 0. The number of nitrogens with zero attached hydrogens (tertiary/aromatic N) is 1. The van der Waals surface area contributed by atoms with Crippen LogP contribution in [-0.4, -0.2) is 10.2 Å². The maximum Gasteiger partial charge on any atom is 0.156 e. The summed E-state index contributed by atoms with van der Waals surface area (Å²) >= 11 is 0. The average Bonchev–Trinajstić information content (AvgIpc) is 3.00. The summed E-state index contributed by atoms with van der Waals surface area (Å²) in [4.78, 5) is 0. The molecule has 4 rings (SSSR count). The minimum absolute atomic E-state index is 0. The van der Waals surface area contributed by atoms with Crippen molar-refractivity contribution in [3.63, 3.8) is 0 Å². The molecule has 0 amide bonds. The van der Waals surface area contributed by atoms with E-state index in [0.717, 1.165) is 23.6 Å². The number of H-pyrrole nitrogens is 1. The van der Waals surface area contributed by atoms with Gasteiger partial charge in [-0.1, -0.05) is 49.9 Å². The Kier molecular flexibility index (Phi) is 3.03. The molecular formula is C17H17N3. The van der Waals surface area contributed by atoms with Crippen LogP contribution in [0.15, 0.2) is 54.6 Å². The van der Waals surface area contributed by atoms with Crippen LogP contribution in [0.1, 0.15) is 18.6 Å². The molecule has 0 spiro atoms. The molecule has 0 saturated heterocycles. The maximum atomic E-state index is 4.40. The molecule has 100 valence electrons.